The minimum absolute atomic E-state index is 0.0550. The summed E-state index contributed by atoms with van der Waals surface area (Å²) >= 11 is 5.03. The van der Waals surface area contributed by atoms with Gasteiger partial charge < -0.3 is 9.47 Å². The molecule has 0 aliphatic carbocycles. The number of carbonyl (C=O) groups excluding carboxylic acids is 2. The maximum absolute atomic E-state index is 12.1. The first-order valence-corrected chi connectivity index (χ1v) is 10.6. The molecule has 0 saturated heterocycles. The van der Waals surface area contributed by atoms with Crippen LogP contribution in [0.4, 0.5) is 0 Å². The van der Waals surface area contributed by atoms with E-state index in [1.54, 1.807) is 12.1 Å². The van der Waals surface area contributed by atoms with Gasteiger partial charge >= 0.3 is 0 Å². The lowest BCUT2D eigenvalue weighted by atomic mass is 10.1. The van der Waals surface area contributed by atoms with Crippen LogP contribution in [0.3, 0.4) is 0 Å². The fourth-order valence-electron chi connectivity index (χ4n) is 3.23. The predicted octanol–water partition coefficient (Wildman–Crippen LogP) is 3.47. The van der Waals surface area contributed by atoms with Gasteiger partial charge in [0.2, 0.25) is 0 Å². The Hall–Kier alpha value is -4.17. The lowest BCUT2D eigenvalue weighted by Gasteiger charge is -2.12. The summed E-state index contributed by atoms with van der Waals surface area (Å²) in [5, 5.41) is 6.42. The molecule has 2 amide bonds. The Kier molecular flexibility index (Phi) is 6.96. The maximum Gasteiger partial charge on any atom is 0.276 e. The highest BCUT2D eigenvalue weighted by molar-refractivity contribution is 7.80. The molecular formula is C25H21N3O4S. The number of thiocarbonyl (C=S) groups is 1. The Balaban J connectivity index is 1.19. The quantitative estimate of drug-likeness (QED) is 0.302. The smallest absolute Gasteiger partial charge is 0.276 e. The number of hydrogen-bond acceptors (Lipinski definition) is 5. The van der Waals surface area contributed by atoms with E-state index >= 15 is 0 Å². The second-order valence-corrected chi connectivity index (χ2v) is 7.52. The second-order valence-electron chi connectivity index (χ2n) is 7.11. The van der Waals surface area contributed by atoms with Crippen LogP contribution in [0.25, 0.3) is 21.5 Å². The topological polar surface area (TPSA) is 88.7 Å². The van der Waals surface area contributed by atoms with E-state index in [0.29, 0.717) is 11.5 Å². The zero-order chi connectivity index (χ0) is 23.0. The molecule has 0 saturated carbocycles. The second kappa shape index (κ2) is 10.4. The van der Waals surface area contributed by atoms with E-state index in [4.69, 9.17) is 21.7 Å². The number of hydrazine groups is 1. The molecule has 8 heteroatoms. The van der Waals surface area contributed by atoms with E-state index in [2.05, 4.69) is 16.2 Å². The summed E-state index contributed by atoms with van der Waals surface area (Å²) in [5.74, 6) is 0.264. The molecule has 0 radical (unpaired) electrons. The molecule has 0 unspecified atom stereocenters. The highest BCUT2D eigenvalue weighted by Crippen LogP contribution is 2.25. The van der Waals surface area contributed by atoms with Crippen LogP contribution in [0.2, 0.25) is 0 Å². The number of benzene rings is 4. The van der Waals surface area contributed by atoms with Crippen molar-refractivity contribution in [1.82, 2.24) is 16.2 Å². The van der Waals surface area contributed by atoms with Crippen molar-refractivity contribution in [2.75, 3.05) is 13.2 Å². The van der Waals surface area contributed by atoms with Crippen LogP contribution in [0.1, 0.15) is 0 Å². The van der Waals surface area contributed by atoms with Crippen LogP contribution in [0.15, 0.2) is 84.9 Å². The summed E-state index contributed by atoms with van der Waals surface area (Å²) in [6, 6.07) is 26.8. The van der Waals surface area contributed by atoms with Gasteiger partial charge in [-0.3, -0.25) is 25.8 Å². The number of rotatable bonds is 6. The largest absolute Gasteiger partial charge is 0.484 e. The lowest BCUT2D eigenvalue weighted by Crippen LogP contribution is -2.50. The first-order chi connectivity index (χ1) is 16.1. The van der Waals surface area contributed by atoms with E-state index in [0.717, 1.165) is 21.5 Å². The minimum Gasteiger partial charge on any atom is -0.484 e. The molecule has 3 N–H and O–H groups in total. The van der Waals surface area contributed by atoms with Crippen LogP contribution < -0.4 is 25.6 Å². The summed E-state index contributed by atoms with van der Waals surface area (Å²) in [6.07, 6.45) is 0. The fourth-order valence-corrected chi connectivity index (χ4v) is 3.39. The summed E-state index contributed by atoms with van der Waals surface area (Å²) in [6.45, 7) is -0.444. The number of ether oxygens (including phenoxy) is 2. The van der Waals surface area contributed by atoms with Crippen LogP contribution in [0, 0.1) is 0 Å². The highest BCUT2D eigenvalue weighted by Gasteiger charge is 2.09. The molecule has 4 aromatic carbocycles. The normalized spacial score (nSPS) is 10.4. The van der Waals surface area contributed by atoms with Gasteiger partial charge in [0, 0.05) is 5.39 Å². The Morgan fingerprint density at radius 3 is 2.24 bits per heavy atom. The molecular weight excluding hydrogens is 438 g/mol. The summed E-state index contributed by atoms with van der Waals surface area (Å²) in [4.78, 5) is 24.1. The van der Waals surface area contributed by atoms with Crippen molar-refractivity contribution in [3.05, 3.63) is 84.9 Å². The zero-order valence-electron chi connectivity index (χ0n) is 17.5. The van der Waals surface area contributed by atoms with Crippen LogP contribution >= 0.6 is 12.2 Å². The number of nitrogens with one attached hydrogen (secondary N) is 3. The monoisotopic (exact) mass is 459 g/mol. The van der Waals surface area contributed by atoms with Gasteiger partial charge in [-0.2, -0.15) is 0 Å². The number of fused-ring (bicyclic) bond motifs is 2. The van der Waals surface area contributed by atoms with Crippen molar-refractivity contribution in [3.8, 4) is 11.5 Å². The Morgan fingerprint density at radius 1 is 0.697 bits per heavy atom. The maximum atomic E-state index is 12.1. The van der Waals surface area contributed by atoms with E-state index < -0.39 is 11.8 Å². The van der Waals surface area contributed by atoms with Crippen LogP contribution in [0.5, 0.6) is 11.5 Å². The summed E-state index contributed by atoms with van der Waals surface area (Å²) in [5.41, 5.74) is 4.85. The molecule has 166 valence electrons. The molecule has 7 nitrogen and oxygen atoms in total. The molecule has 0 heterocycles. The van der Waals surface area contributed by atoms with Crippen molar-refractivity contribution < 1.29 is 19.1 Å². The molecule has 0 fully saturated rings. The van der Waals surface area contributed by atoms with Gasteiger partial charge in [0.25, 0.3) is 11.8 Å². The van der Waals surface area contributed by atoms with Gasteiger partial charge in [-0.1, -0.05) is 66.7 Å². The molecule has 0 spiro atoms. The molecule has 4 rings (SSSR count). The Morgan fingerprint density at radius 2 is 1.39 bits per heavy atom. The minimum atomic E-state index is -0.456. The van der Waals surface area contributed by atoms with Crippen LogP contribution in [-0.4, -0.2) is 30.1 Å². The van der Waals surface area contributed by atoms with Crippen LogP contribution in [-0.2, 0) is 9.59 Å². The first kappa shape index (κ1) is 22.0. The molecule has 0 bridgehead atoms. The van der Waals surface area contributed by atoms with Gasteiger partial charge in [0.15, 0.2) is 18.3 Å². The number of hydrogen-bond donors (Lipinski definition) is 3. The van der Waals surface area contributed by atoms with E-state index in [9.17, 15) is 9.59 Å². The van der Waals surface area contributed by atoms with Gasteiger partial charge in [0.1, 0.15) is 11.5 Å². The molecule has 0 atom stereocenters. The van der Waals surface area contributed by atoms with Crippen molar-refractivity contribution in [2.24, 2.45) is 0 Å². The molecule has 0 aromatic heterocycles. The Bertz CT molecular complexity index is 1320. The fraction of sp³-hybridized carbons (Fsp3) is 0.0800. The molecule has 33 heavy (non-hydrogen) atoms. The highest BCUT2D eigenvalue weighted by atomic mass is 32.1. The van der Waals surface area contributed by atoms with E-state index in [1.807, 2.05) is 72.8 Å². The zero-order valence-corrected chi connectivity index (χ0v) is 18.4. The summed E-state index contributed by atoms with van der Waals surface area (Å²) < 4.78 is 11.1. The predicted molar refractivity (Wildman–Crippen MR) is 131 cm³/mol. The van der Waals surface area contributed by atoms with Gasteiger partial charge in [-0.25, -0.2) is 0 Å². The molecule has 4 aromatic rings. The number of amides is 2. The summed E-state index contributed by atoms with van der Waals surface area (Å²) in [7, 11) is 0. The van der Waals surface area contributed by atoms with Gasteiger partial charge in [-0.15, -0.1) is 0 Å². The van der Waals surface area contributed by atoms with E-state index in [-0.39, 0.29) is 18.3 Å². The third kappa shape index (κ3) is 5.96. The average Bonchev–Trinajstić information content (AvgIpc) is 2.84. The standard InChI is InChI=1S/C25H21N3O4S/c29-23(15-32-22-11-5-9-18-7-3-4-10-21(18)22)26-25(33)28-27-24(30)16-31-20-13-12-17-6-1-2-8-19(17)14-20/h1-14H,15-16H2,(H,27,30)(H2,26,28,29,33). The average molecular weight is 460 g/mol. The van der Waals surface area contributed by atoms with Crippen molar-refractivity contribution in [3.63, 3.8) is 0 Å². The molecule has 0 aliphatic heterocycles. The van der Waals surface area contributed by atoms with Gasteiger partial charge in [0.05, 0.1) is 0 Å². The number of carbonyl (C=O) groups is 2. The first-order valence-electron chi connectivity index (χ1n) is 10.2. The van der Waals surface area contributed by atoms with Crippen molar-refractivity contribution >= 4 is 50.7 Å². The molecule has 0 aliphatic rings. The van der Waals surface area contributed by atoms with Gasteiger partial charge in [-0.05, 0) is 46.6 Å². The lowest BCUT2D eigenvalue weighted by molar-refractivity contribution is -0.124. The Labute approximate surface area is 195 Å². The third-order valence-electron chi connectivity index (χ3n) is 4.77. The van der Waals surface area contributed by atoms with E-state index in [1.165, 1.54) is 0 Å². The van der Waals surface area contributed by atoms with Crippen molar-refractivity contribution in [2.45, 2.75) is 0 Å². The third-order valence-corrected chi connectivity index (χ3v) is 4.97. The SMILES string of the molecule is O=C(COc1ccc2ccccc2c1)NNC(=S)NC(=O)COc1cccc2ccccc12. The van der Waals surface area contributed by atoms with Crippen molar-refractivity contribution in [1.29, 1.82) is 0 Å².